The first kappa shape index (κ1) is 74.8. The Morgan fingerprint density at radius 1 is 0.424 bits per heavy atom. The molecule has 6 nitrogen and oxygen atoms in total. The van der Waals surface area contributed by atoms with Gasteiger partial charge in [0.2, 0.25) is 5.79 Å². The van der Waals surface area contributed by atoms with E-state index in [0.717, 1.165) is 102 Å². The van der Waals surface area contributed by atoms with Crippen LogP contribution in [0, 0.1) is 30.1 Å². The van der Waals surface area contributed by atoms with Crippen LogP contribution in [0.1, 0.15) is 275 Å². The first-order chi connectivity index (χ1) is 45.2. The summed E-state index contributed by atoms with van der Waals surface area (Å²) in [5.74, 6) is -0.956. The first-order valence-corrected chi connectivity index (χ1v) is 37.0. The summed E-state index contributed by atoms with van der Waals surface area (Å²) >= 11 is 0. The fraction of sp³-hybridized carbons (Fsp3) is 0.505. The smallest absolute Gasteiger partial charge is 0.218 e. The van der Waals surface area contributed by atoms with Gasteiger partial charge in [-0.2, -0.15) is 0 Å². The number of hydrogen-bond donors (Lipinski definition) is 2. The Hall–Kier alpha value is -6.86. The topological polar surface area (TPSA) is 68.8 Å². The van der Waals surface area contributed by atoms with Crippen molar-refractivity contribution in [2.24, 2.45) is 16.2 Å². The number of hydrogen-bond acceptors (Lipinski definition) is 4. The molecule has 2 atom stereocenters. The molecule has 7 aromatic carbocycles. The van der Waals surface area contributed by atoms with Gasteiger partial charge in [0.25, 0.3) is 0 Å². The summed E-state index contributed by atoms with van der Waals surface area (Å²) in [5, 5.41) is 33.0. The largest absolute Gasteiger partial charge is 0.505 e. The summed E-state index contributed by atoms with van der Waals surface area (Å²) in [5.41, 5.74) is 18.7. The van der Waals surface area contributed by atoms with Crippen molar-refractivity contribution in [1.82, 2.24) is 9.13 Å². The van der Waals surface area contributed by atoms with Crippen LogP contribution in [0.2, 0.25) is 0 Å². The molecule has 1 aliphatic rings. The Kier molecular flexibility index (Phi) is 19.1. The number of aromatic hydroxyl groups is 1. The number of phenols is 1. The van der Waals surface area contributed by atoms with Crippen LogP contribution in [-0.2, 0) is 42.6 Å². The second kappa shape index (κ2) is 25.3. The lowest BCUT2D eigenvalue weighted by Crippen LogP contribution is -2.45. The SMILES string of the molecule is Cc1cc(C2=CC(C(C)(C)CC(C)(C)C)=CC(n3c4ccc(C(C)(C)C)cc4c4cc(C(C)(C)C)ccc43)C2(O)OCCCOc2c(C)cc(C(C)(C)C)cc2-c2cc(C(C)(C)CC(C)(C)C)cc(-n3c4ccc(C(C)(C)C)cc4c4cc(C(C)(C)C)ccc43)c2O)cc(C(C)(C)C)c1. The van der Waals surface area contributed by atoms with Gasteiger partial charge in [0.1, 0.15) is 17.5 Å². The van der Waals surface area contributed by atoms with Crippen molar-refractivity contribution in [3.05, 3.63) is 189 Å². The number of rotatable bonds is 14. The average Bonchev–Trinajstić information content (AvgIpc) is 1.53. The predicted molar refractivity (Wildman–Crippen MR) is 427 cm³/mol. The van der Waals surface area contributed by atoms with Gasteiger partial charge < -0.3 is 28.8 Å². The third kappa shape index (κ3) is 15.2. The molecule has 0 aliphatic heterocycles. The van der Waals surface area contributed by atoms with E-state index in [1.165, 1.54) is 44.2 Å². The zero-order chi connectivity index (χ0) is 73.5. The predicted octanol–water partition coefficient (Wildman–Crippen LogP) is 25.6. The lowest BCUT2D eigenvalue weighted by atomic mass is 9.68. The molecule has 1 aliphatic carbocycles. The molecule has 0 radical (unpaired) electrons. The summed E-state index contributed by atoms with van der Waals surface area (Å²) < 4.78 is 19.5. The Morgan fingerprint density at radius 3 is 1.28 bits per heavy atom. The van der Waals surface area contributed by atoms with Crippen LogP contribution in [0.3, 0.4) is 0 Å². The maximum absolute atomic E-state index is 14.7. The van der Waals surface area contributed by atoms with Crippen LogP contribution in [0.15, 0.2) is 133 Å². The molecule has 0 bridgehead atoms. The van der Waals surface area contributed by atoms with E-state index in [9.17, 15) is 10.2 Å². The van der Waals surface area contributed by atoms with Gasteiger partial charge in [-0.3, -0.25) is 0 Å². The number of ether oxygens (including phenoxy) is 2. The molecule has 0 spiro atoms. The van der Waals surface area contributed by atoms with E-state index in [0.29, 0.717) is 6.42 Å². The number of aryl methyl sites for hydroxylation is 2. The molecule has 2 unspecified atom stereocenters. The molecule has 99 heavy (non-hydrogen) atoms. The lowest BCUT2D eigenvalue weighted by molar-refractivity contribution is -0.179. The van der Waals surface area contributed by atoms with Gasteiger partial charge in [-0.15, -0.1) is 0 Å². The van der Waals surface area contributed by atoms with Crippen molar-refractivity contribution in [2.75, 3.05) is 13.2 Å². The summed E-state index contributed by atoms with van der Waals surface area (Å²) in [6.07, 6.45) is 6.91. The monoisotopic (exact) mass is 1330 g/mol. The number of nitrogens with zero attached hydrogens (tertiary/aromatic N) is 2. The number of aliphatic hydroxyl groups is 1. The Labute approximate surface area is 597 Å². The molecule has 530 valence electrons. The van der Waals surface area contributed by atoms with E-state index < -0.39 is 11.8 Å². The molecule has 9 aromatic rings. The third-order valence-corrected chi connectivity index (χ3v) is 21.1. The third-order valence-electron chi connectivity index (χ3n) is 21.1. The van der Waals surface area contributed by atoms with Crippen LogP contribution in [0.4, 0.5) is 0 Å². The minimum atomic E-state index is -1.87. The summed E-state index contributed by atoms with van der Waals surface area (Å²) in [6.45, 7) is 69.2. The molecular formula is C93H124N2O4. The highest BCUT2D eigenvalue weighted by Crippen LogP contribution is 2.54. The Balaban J connectivity index is 1.15. The summed E-state index contributed by atoms with van der Waals surface area (Å²) in [6, 6.07) is 42.9. The van der Waals surface area contributed by atoms with Crippen molar-refractivity contribution in [1.29, 1.82) is 0 Å². The van der Waals surface area contributed by atoms with E-state index >= 15 is 0 Å². The summed E-state index contributed by atoms with van der Waals surface area (Å²) in [7, 11) is 0. The molecule has 2 aromatic heterocycles. The van der Waals surface area contributed by atoms with Gasteiger partial charge in [-0.05, 0) is 209 Å². The highest BCUT2D eigenvalue weighted by Gasteiger charge is 2.48. The maximum Gasteiger partial charge on any atom is 0.218 e. The lowest BCUT2D eigenvalue weighted by Gasteiger charge is -2.44. The number of aromatic nitrogens is 2. The van der Waals surface area contributed by atoms with E-state index in [1.54, 1.807) is 0 Å². The molecule has 2 heterocycles. The van der Waals surface area contributed by atoms with Gasteiger partial charge in [-0.25, -0.2) is 0 Å². The summed E-state index contributed by atoms with van der Waals surface area (Å²) in [4.78, 5) is 0. The molecule has 6 heteroatoms. The maximum atomic E-state index is 14.7. The van der Waals surface area contributed by atoms with E-state index in [-0.39, 0.29) is 73.1 Å². The van der Waals surface area contributed by atoms with Gasteiger partial charge >= 0.3 is 0 Å². The van der Waals surface area contributed by atoms with Gasteiger partial charge in [0.15, 0.2) is 0 Å². The van der Waals surface area contributed by atoms with E-state index in [2.05, 4.69) is 344 Å². The molecule has 0 saturated heterocycles. The molecule has 0 saturated carbocycles. The first-order valence-electron chi connectivity index (χ1n) is 37.0. The van der Waals surface area contributed by atoms with Crippen molar-refractivity contribution in [2.45, 2.75) is 277 Å². The normalized spacial score (nSPS) is 16.8. The van der Waals surface area contributed by atoms with Crippen LogP contribution in [-0.4, -0.2) is 38.3 Å². The second-order valence-electron chi connectivity index (χ2n) is 39.9. The van der Waals surface area contributed by atoms with E-state index in [1.807, 2.05) is 0 Å². The van der Waals surface area contributed by atoms with Crippen molar-refractivity contribution in [3.8, 4) is 28.3 Å². The van der Waals surface area contributed by atoms with Gasteiger partial charge in [0.05, 0.1) is 29.9 Å². The zero-order valence-corrected chi connectivity index (χ0v) is 66.8. The number of benzene rings is 7. The number of fused-ring (bicyclic) bond motifs is 6. The van der Waals surface area contributed by atoms with E-state index in [4.69, 9.17) is 9.47 Å². The molecule has 0 fully saturated rings. The molecule has 10 rings (SSSR count). The minimum absolute atomic E-state index is 0.00822. The highest BCUT2D eigenvalue weighted by atomic mass is 16.6. The van der Waals surface area contributed by atoms with Crippen LogP contribution in [0.5, 0.6) is 11.5 Å². The number of allylic oxidation sites excluding steroid dienone is 2. The Bertz CT molecular complexity index is 4500. The van der Waals surface area contributed by atoms with Crippen LogP contribution < -0.4 is 4.74 Å². The van der Waals surface area contributed by atoms with Gasteiger partial charge in [0, 0.05) is 55.7 Å². The average molecular weight is 1330 g/mol. The quantitative estimate of drug-likeness (QED) is 0.0841. The fourth-order valence-corrected chi connectivity index (χ4v) is 16.0. The van der Waals surface area contributed by atoms with Crippen molar-refractivity contribution in [3.63, 3.8) is 0 Å². The molecule has 0 amide bonds. The second-order valence-corrected chi connectivity index (χ2v) is 39.9. The molecular weight excluding hydrogens is 1210 g/mol. The zero-order valence-electron chi connectivity index (χ0n) is 66.8. The van der Waals surface area contributed by atoms with Crippen molar-refractivity contribution >= 4 is 49.2 Å². The highest BCUT2D eigenvalue weighted by molar-refractivity contribution is 6.11. The Morgan fingerprint density at radius 2 is 0.838 bits per heavy atom. The van der Waals surface area contributed by atoms with Crippen LogP contribution >= 0.6 is 0 Å². The fourth-order valence-electron chi connectivity index (χ4n) is 16.0. The minimum Gasteiger partial charge on any atom is -0.505 e. The van der Waals surface area contributed by atoms with Crippen molar-refractivity contribution < 1.29 is 19.7 Å². The standard InChI is InChI=1S/C93H124N2O4/c1-57-42-59(45-64(43-57)89(21,22)23)74-52-67(92(29,30)56-84(6,7)8)54-80(95-77-38-34-62(87(15,16)17)48-70(77)71-49-63(88(18,19)20)35-39-78(71)95)93(74,97)99-41-31-40-98-82-58(2)44-65(90(24,25)26)50-73(82)72-51-66(91(27,28)55-83(3,4)5)53-79(81(72)96)94-75-36-32-60(85(9,10)11)46-68(75)69-47-61(86(12,13)14)33-37-76(69)94/h32-39,42-54,80,96-97H,31,40-41,55-56H2,1-30H3. The van der Waals surface area contributed by atoms with Crippen LogP contribution in [0.25, 0.3) is 66.0 Å². The van der Waals surface area contributed by atoms with Gasteiger partial charge in [-0.1, -0.05) is 254 Å². The molecule has 2 N–H and O–H groups in total. The number of phenolic OH excluding ortho intramolecular Hbond substituents is 1.